The molecule has 0 heterocycles. The van der Waals surface area contributed by atoms with Gasteiger partial charge in [-0.25, -0.2) is 0 Å². The Morgan fingerprint density at radius 2 is 0.831 bits per heavy atom. The van der Waals surface area contributed by atoms with Crippen LogP contribution in [0.3, 0.4) is 0 Å². The molecule has 1 atom stereocenters. The molecule has 65 heavy (non-hydrogen) atoms. The maximum absolute atomic E-state index is 3.76. The second-order valence-electron chi connectivity index (χ2n) is 18.2. The van der Waals surface area contributed by atoms with E-state index in [1.165, 1.54) is 94.6 Å². The largest absolute Gasteiger partial charge is 0.303 e. The Bertz CT molecular complexity index is 3490. The first-order valence-electron chi connectivity index (χ1n) is 22.7. The molecule has 1 heteroatoms. The van der Waals surface area contributed by atoms with Crippen molar-refractivity contribution >= 4 is 17.1 Å². The van der Waals surface area contributed by atoms with Crippen LogP contribution in [0.5, 0.6) is 0 Å². The predicted octanol–water partition coefficient (Wildman–Crippen LogP) is 16.4. The Morgan fingerprint density at radius 3 is 1.49 bits per heavy atom. The van der Waals surface area contributed by atoms with Gasteiger partial charge in [0.05, 0.1) is 16.8 Å². The van der Waals surface area contributed by atoms with E-state index in [0.29, 0.717) is 0 Å². The fourth-order valence-corrected chi connectivity index (χ4v) is 11.5. The van der Waals surface area contributed by atoms with Gasteiger partial charge in [0.25, 0.3) is 0 Å². The summed E-state index contributed by atoms with van der Waals surface area (Å²) in [4.78, 5) is 2.44. The van der Waals surface area contributed by atoms with Gasteiger partial charge in [-0.05, 0) is 131 Å². The van der Waals surface area contributed by atoms with Gasteiger partial charge in [0, 0.05) is 22.2 Å². The monoisotopic (exact) mass is 825 g/mol. The van der Waals surface area contributed by atoms with E-state index in [4.69, 9.17) is 0 Å². The summed E-state index contributed by atoms with van der Waals surface area (Å²) in [5, 5.41) is 0. The van der Waals surface area contributed by atoms with Crippen molar-refractivity contribution in [3.8, 4) is 66.8 Å². The van der Waals surface area contributed by atoms with Crippen molar-refractivity contribution in [3.05, 3.63) is 270 Å². The van der Waals surface area contributed by atoms with Crippen molar-refractivity contribution in [2.75, 3.05) is 4.90 Å². The van der Waals surface area contributed by atoms with Crippen molar-refractivity contribution in [1.82, 2.24) is 0 Å². The lowest BCUT2D eigenvalue weighted by molar-refractivity contribution is 0.660. The SMILES string of the molecule is CC1(C)c2cc(N(c3ccc(-c4ccccc4)cc3)c3cccc4c3-c3ccc(-c5ccccc5)cc3C43c4ccccc4-c4ccc(-c5ccccc5)cc43)c#cc2-c2ccccc21. The Hall–Kier alpha value is -8.18. The van der Waals surface area contributed by atoms with Gasteiger partial charge in [-0.2, -0.15) is 0 Å². The number of hydrogen-bond acceptors (Lipinski definition) is 1. The molecule has 1 nitrogen and oxygen atoms in total. The van der Waals surface area contributed by atoms with Crippen molar-refractivity contribution in [1.29, 1.82) is 0 Å². The smallest absolute Gasteiger partial charge is 0.0977 e. The molecule has 0 saturated heterocycles. The van der Waals surface area contributed by atoms with Crippen molar-refractivity contribution < 1.29 is 0 Å². The molecule has 1 unspecified atom stereocenters. The van der Waals surface area contributed by atoms with Gasteiger partial charge in [0.1, 0.15) is 0 Å². The minimum atomic E-state index is -0.581. The number of nitrogens with zero attached hydrogens (tertiary/aromatic N) is 1. The van der Waals surface area contributed by atoms with Gasteiger partial charge in [-0.15, -0.1) is 0 Å². The molecule has 0 saturated carbocycles. The number of rotatable bonds is 6. The summed E-state index contributed by atoms with van der Waals surface area (Å²) in [7, 11) is 0. The van der Waals surface area contributed by atoms with Gasteiger partial charge in [0.15, 0.2) is 0 Å². The zero-order valence-corrected chi connectivity index (χ0v) is 36.3. The molecule has 304 valence electrons. The molecule has 10 aromatic carbocycles. The molecular formula is C64H43N. The van der Waals surface area contributed by atoms with E-state index >= 15 is 0 Å². The molecule has 3 aliphatic carbocycles. The number of hydrogen-bond donors (Lipinski definition) is 0. The lowest BCUT2D eigenvalue weighted by Crippen LogP contribution is -2.26. The fourth-order valence-electron chi connectivity index (χ4n) is 11.5. The summed E-state index contributed by atoms with van der Waals surface area (Å²) in [6.07, 6.45) is 0. The summed E-state index contributed by atoms with van der Waals surface area (Å²) in [6.45, 7) is 4.69. The Balaban J connectivity index is 1.10. The highest BCUT2D eigenvalue weighted by Gasteiger charge is 2.53. The van der Waals surface area contributed by atoms with Gasteiger partial charge in [-0.1, -0.05) is 208 Å². The molecule has 0 bridgehead atoms. The van der Waals surface area contributed by atoms with Crippen molar-refractivity contribution in [2.24, 2.45) is 0 Å². The summed E-state index contributed by atoms with van der Waals surface area (Å²) < 4.78 is 0. The molecule has 10 aromatic rings. The highest BCUT2D eigenvalue weighted by molar-refractivity contribution is 6.02. The van der Waals surface area contributed by atoms with Crippen LogP contribution in [0.2, 0.25) is 0 Å². The third-order valence-electron chi connectivity index (χ3n) is 14.5. The van der Waals surface area contributed by atoms with Crippen molar-refractivity contribution in [3.63, 3.8) is 0 Å². The normalized spacial score (nSPS) is 15.3. The van der Waals surface area contributed by atoms with Gasteiger partial charge in [0.2, 0.25) is 0 Å². The standard InChI is InChI=1S/C64H43N/c1-63(2)55-25-14-12-23-50(55)52-38-35-49(41-58(52)63)65(48-33-29-45(30-34-48)42-17-6-3-7-18-42)61-28-16-27-57-62(61)54-37-32-47(44-21-10-5-11-22-44)40-60(54)64(57)56-26-15-13-24-51(56)53-36-31-46(39-59(53)64)43-19-8-4-9-20-43/h3-34,36-37,39-41H,1-2H3. The van der Waals surface area contributed by atoms with Crippen molar-refractivity contribution in [2.45, 2.75) is 24.7 Å². The summed E-state index contributed by atoms with van der Waals surface area (Å²) in [5.74, 6) is 0. The highest BCUT2D eigenvalue weighted by Crippen LogP contribution is 2.65. The van der Waals surface area contributed by atoms with E-state index in [1.54, 1.807) is 0 Å². The quantitative estimate of drug-likeness (QED) is 0.161. The van der Waals surface area contributed by atoms with Crippen LogP contribution in [-0.4, -0.2) is 0 Å². The van der Waals surface area contributed by atoms with Crippen LogP contribution in [0.25, 0.3) is 66.8 Å². The van der Waals surface area contributed by atoms with E-state index < -0.39 is 5.41 Å². The van der Waals surface area contributed by atoms with Gasteiger partial charge in [-0.3, -0.25) is 0 Å². The van der Waals surface area contributed by atoms with Crippen LogP contribution in [-0.2, 0) is 10.8 Å². The lowest BCUT2D eigenvalue weighted by Gasteiger charge is -2.32. The van der Waals surface area contributed by atoms with Crippen LogP contribution in [0.4, 0.5) is 17.1 Å². The highest BCUT2D eigenvalue weighted by atomic mass is 15.1. The molecule has 13 rings (SSSR count). The van der Waals surface area contributed by atoms with E-state index in [9.17, 15) is 0 Å². The maximum atomic E-state index is 3.76. The molecule has 0 aliphatic heterocycles. The minimum absolute atomic E-state index is 0.202. The van der Waals surface area contributed by atoms with E-state index in [1.807, 2.05) is 0 Å². The Labute approximate surface area is 381 Å². The summed E-state index contributed by atoms with van der Waals surface area (Å²) >= 11 is 0. The predicted molar refractivity (Wildman–Crippen MR) is 269 cm³/mol. The number of fused-ring (bicyclic) bond motifs is 13. The van der Waals surface area contributed by atoms with Crippen LogP contribution in [0, 0.1) is 12.1 Å². The average Bonchev–Trinajstić information content (AvgIpc) is 3.93. The Kier molecular flexibility index (Phi) is 8.15. The zero-order valence-electron chi connectivity index (χ0n) is 36.3. The van der Waals surface area contributed by atoms with Crippen LogP contribution < -0.4 is 4.90 Å². The molecular weight excluding hydrogens is 783 g/mol. The first-order valence-corrected chi connectivity index (χ1v) is 22.7. The van der Waals surface area contributed by atoms with Crippen LogP contribution in [0.15, 0.2) is 224 Å². The molecule has 0 radical (unpaired) electrons. The van der Waals surface area contributed by atoms with Crippen LogP contribution >= 0.6 is 0 Å². The summed E-state index contributed by atoms with van der Waals surface area (Å²) in [6, 6.07) is 90.5. The van der Waals surface area contributed by atoms with Gasteiger partial charge < -0.3 is 4.90 Å². The molecule has 0 fully saturated rings. The second-order valence-corrected chi connectivity index (χ2v) is 18.2. The topological polar surface area (TPSA) is 3.24 Å². The Morgan fingerprint density at radius 1 is 0.338 bits per heavy atom. The number of anilines is 3. The van der Waals surface area contributed by atoms with E-state index in [0.717, 1.165) is 22.6 Å². The molecule has 0 aromatic heterocycles. The third kappa shape index (κ3) is 5.41. The third-order valence-corrected chi connectivity index (χ3v) is 14.5. The van der Waals surface area contributed by atoms with E-state index in [2.05, 4.69) is 255 Å². The molecule has 0 amide bonds. The first kappa shape index (κ1) is 37.4. The second kappa shape index (κ2) is 14.2. The summed E-state index contributed by atoms with van der Waals surface area (Å²) in [5.41, 5.74) is 24.8. The zero-order chi connectivity index (χ0) is 43.3. The maximum Gasteiger partial charge on any atom is 0.0977 e. The molecule has 0 N–H and O–H groups in total. The first-order chi connectivity index (χ1) is 32.0. The van der Waals surface area contributed by atoms with Gasteiger partial charge >= 0.3 is 0 Å². The minimum Gasteiger partial charge on any atom is -0.303 e. The fraction of sp³-hybridized carbons (Fsp3) is 0.0625. The molecule has 1 spiro atoms. The average molecular weight is 826 g/mol. The lowest BCUT2D eigenvalue weighted by atomic mass is 9.70. The van der Waals surface area contributed by atoms with E-state index in [-0.39, 0.29) is 5.41 Å². The van der Waals surface area contributed by atoms with Crippen LogP contribution in [0.1, 0.15) is 47.2 Å². The number of benzene rings is 9. The molecule has 3 aliphatic rings.